The SMILES string of the molecule is CC(C)(C)Oc1cc2ccccc2c2c1CC1=C(CC=C1)Cc1c(OC(C)(C)C)cc3ccccc3c1-2. The molecule has 4 aromatic carbocycles. The average molecular weight is 489 g/mol. The molecule has 2 nitrogen and oxygen atoms in total. The zero-order chi connectivity index (χ0) is 25.9. The van der Waals surface area contributed by atoms with Gasteiger partial charge in [0.15, 0.2) is 0 Å². The predicted octanol–water partition coefficient (Wildman–Crippen LogP) is 9.37. The Morgan fingerprint density at radius 1 is 0.622 bits per heavy atom. The summed E-state index contributed by atoms with van der Waals surface area (Å²) >= 11 is 0. The Kier molecular flexibility index (Phi) is 5.49. The van der Waals surface area contributed by atoms with Crippen molar-refractivity contribution >= 4 is 21.5 Å². The Balaban J connectivity index is 1.80. The fourth-order valence-corrected chi connectivity index (χ4v) is 5.86. The lowest BCUT2D eigenvalue weighted by Crippen LogP contribution is -2.25. The van der Waals surface area contributed by atoms with E-state index in [0.717, 1.165) is 30.8 Å². The standard InChI is InChI=1S/C35H36O2/c1-34(2,3)36-30-20-24-12-7-9-16-26(24)32-28(30)18-22-14-11-15-23(22)19-29-31(37-35(4,5)6)21-25-13-8-10-17-27(25)33(29)32/h7-14,16-17,20-21H,15,18-19H2,1-6H3. The number of hydrogen-bond acceptors (Lipinski definition) is 2. The van der Waals surface area contributed by atoms with Gasteiger partial charge in [-0.05, 0) is 105 Å². The van der Waals surface area contributed by atoms with Gasteiger partial charge in [-0.1, -0.05) is 66.3 Å². The molecule has 0 radical (unpaired) electrons. The van der Waals surface area contributed by atoms with Gasteiger partial charge in [-0.2, -0.15) is 0 Å². The largest absolute Gasteiger partial charge is 0.488 e. The summed E-state index contributed by atoms with van der Waals surface area (Å²) in [6.07, 6.45) is 7.40. The van der Waals surface area contributed by atoms with E-state index in [1.54, 1.807) is 0 Å². The van der Waals surface area contributed by atoms with E-state index in [9.17, 15) is 0 Å². The molecule has 37 heavy (non-hydrogen) atoms. The minimum atomic E-state index is -0.302. The third kappa shape index (κ3) is 4.44. The Labute approximate surface area is 220 Å². The summed E-state index contributed by atoms with van der Waals surface area (Å²) in [6.45, 7) is 12.8. The molecular formula is C35H36O2. The van der Waals surface area contributed by atoms with E-state index in [0.29, 0.717) is 0 Å². The molecule has 0 saturated carbocycles. The number of hydrogen-bond donors (Lipinski definition) is 0. The molecule has 2 heteroatoms. The van der Waals surface area contributed by atoms with E-state index >= 15 is 0 Å². The minimum Gasteiger partial charge on any atom is -0.488 e. The minimum absolute atomic E-state index is 0.300. The topological polar surface area (TPSA) is 18.5 Å². The second kappa shape index (κ2) is 8.52. The zero-order valence-electron chi connectivity index (χ0n) is 22.9. The highest BCUT2D eigenvalue weighted by atomic mass is 16.5. The lowest BCUT2D eigenvalue weighted by atomic mass is 9.80. The summed E-state index contributed by atoms with van der Waals surface area (Å²) in [6, 6.07) is 22.0. The summed E-state index contributed by atoms with van der Waals surface area (Å²) in [5, 5.41) is 4.95. The molecule has 6 rings (SSSR count). The molecule has 0 spiro atoms. The molecule has 0 saturated heterocycles. The number of rotatable bonds is 2. The summed E-state index contributed by atoms with van der Waals surface area (Å²) in [4.78, 5) is 0. The van der Waals surface area contributed by atoms with Crippen LogP contribution in [0.5, 0.6) is 11.5 Å². The lowest BCUT2D eigenvalue weighted by Gasteiger charge is -2.30. The van der Waals surface area contributed by atoms with Crippen molar-refractivity contribution < 1.29 is 9.47 Å². The fourth-order valence-electron chi connectivity index (χ4n) is 5.86. The normalized spacial score (nSPS) is 15.3. The van der Waals surface area contributed by atoms with Crippen LogP contribution < -0.4 is 9.47 Å². The molecule has 0 atom stereocenters. The van der Waals surface area contributed by atoms with Crippen LogP contribution >= 0.6 is 0 Å². The van der Waals surface area contributed by atoms with E-state index < -0.39 is 0 Å². The molecule has 0 aliphatic heterocycles. The van der Waals surface area contributed by atoms with Gasteiger partial charge in [-0.25, -0.2) is 0 Å². The number of ether oxygens (including phenoxy) is 2. The van der Waals surface area contributed by atoms with Crippen LogP contribution in [0, 0.1) is 0 Å². The van der Waals surface area contributed by atoms with Gasteiger partial charge in [-0.3, -0.25) is 0 Å². The quantitative estimate of drug-likeness (QED) is 0.280. The molecular weight excluding hydrogens is 452 g/mol. The predicted molar refractivity (Wildman–Crippen MR) is 156 cm³/mol. The van der Waals surface area contributed by atoms with Crippen LogP contribution in [0.25, 0.3) is 32.7 Å². The van der Waals surface area contributed by atoms with Crippen molar-refractivity contribution in [3.05, 3.63) is 95.1 Å². The third-order valence-electron chi connectivity index (χ3n) is 7.21. The average Bonchev–Trinajstić information content (AvgIpc) is 3.23. The highest BCUT2D eigenvalue weighted by molar-refractivity contribution is 6.10. The maximum Gasteiger partial charge on any atom is 0.124 e. The highest BCUT2D eigenvalue weighted by Crippen LogP contribution is 2.50. The highest BCUT2D eigenvalue weighted by Gasteiger charge is 2.30. The van der Waals surface area contributed by atoms with E-state index in [2.05, 4.69) is 114 Å². The molecule has 0 amide bonds. The van der Waals surface area contributed by atoms with Gasteiger partial charge >= 0.3 is 0 Å². The molecule has 0 aromatic heterocycles. The Morgan fingerprint density at radius 2 is 1.11 bits per heavy atom. The van der Waals surface area contributed by atoms with Crippen LogP contribution in [0.2, 0.25) is 0 Å². The lowest BCUT2D eigenvalue weighted by molar-refractivity contribution is 0.129. The summed E-state index contributed by atoms with van der Waals surface area (Å²) in [5.74, 6) is 1.96. The number of fused-ring (bicyclic) bond motifs is 7. The molecule has 4 aromatic rings. The van der Waals surface area contributed by atoms with Gasteiger partial charge in [0, 0.05) is 17.5 Å². The first-order chi connectivity index (χ1) is 17.6. The third-order valence-corrected chi connectivity index (χ3v) is 7.21. The monoisotopic (exact) mass is 488 g/mol. The molecule has 0 fully saturated rings. The van der Waals surface area contributed by atoms with Crippen molar-refractivity contribution in [2.24, 2.45) is 0 Å². The second-order valence-electron chi connectivity index (χ2n) is 12.4. The number of benzene rings is 4. The molecule has 0 N–H and O–H groups in total. The Hall–Kier alpha value is -3.52. The van der Waals surface area contributed by atoms with Crippen molar-refractivity contribution in [3.8, 4) is 22.6 Å². The molecule has 0 heterocycles. The van der Waals surface area contributed by atoms with Crippen LogP contribution in [0.15, 0.2) is 84.0 Å². The number of allylic oxidation sites excluding steroid dienone is 4. The maximum absolute atomic E-state index is 6.72. The van der Waals surface area contributed by atoms with Crippen molar-refractivity contribution in [2.45, 2.75) is 72.0 Å². The molecule has 0 bridgehead atoms. The van der Waals surface area contributed by atoms with Crippen molar-refractivity contribution in [1.29, 1.82) is 0 Å². The van der Waals surface area contributed by atoms with Crippen LogP contribution in [0.4, 0.5) is 0 Å². The van der Waals surface area contributed by atoms with E-state index in [-0.39, 0.29) is 11.2 Å². The van der Waals surface area contributed by atoms with E-state index in [4.69, 9.17) is 9.47 Å². The van der Waals surface area contributed by atoms with Gasteiger partial charge in [0.1, 0.15) is 22.7 Å². The van der Waals surface area contributed by atoms with Crippen LogP contribution in [0.1, 0.15) is 59.1 Å². The van der Waals surface area contributed by atoms with Gasteiger partial charge < -0.3 is 9.47 Å². The van der Waals surface area contributed by atoms with Crippen molar-refractivity contribution in [1.82, 2.24) is 0 Å². The molecule has 0 unspecified atom stereocenters. The summed E-state index contributed by atoms with van der Waals surface area (Å²) in [7, 11) is 0. The van der Waals surface area contributed by atoms with Crippen LogP contribution in [0.3, 0.4) is 0 Å². The summed E-state index contributed by atoms with van der Waals surface area (Å²) in [5.41, 5.74) is 7.42. The maximum atomic E-state index is 6.72. The smallest absolute Gasteiger partial charge is 0.124 e. The summed E-state index contributed by atoms with van der Waals surface area (Å²) < 4.78 is 13.4. The molecule has 188 valence electrons. The first-order valence-corrected chi connectivity index (χ1v) is 13.4. The van der Waals surface area contributed by atoms with Gasteiger partial charge in [0.25, 0.3) is 0 Å². The van der Waals surface area contributed by atoms with Gasteiger partial charge in [-0.15, -0.1) is 0 Å². The fraction of sp³-hybridized carbons (Fsp3) is 0.314. The molecule has 2 aliphatic carbocycles. The van der Waals surface area contributed by atoms with E-state index in [1.165, 1.54) is 54.9 Å². The Bertz CT molecular complexity index is 1600. The first-order valence-electron chi connectivity index (χ1n) is 13.4. The van der Waals surface area contributed by atoms with Crippen LogP contribution in [-0.4, -0.2) is 11.2 Å². The van der Waals surface area contributed by atoms with Gasteiger partial charge in [0.05, 0.1) is 0 Å². The van der Waals surface area contributed by atoms with Crippen LogP contribution in [-0.2, 0) is 12.8 Å². The first kappa shape index (κ1) is 23.9. The van der Waals surface area contributed by atoms with E-state index in [1.807, 2.05) is 0 Å². The Morgan fingerprint density at radius 3 is 1.62 bits per heavy atom. The second-order valence-corrected chi connectivity index (χ2v) is 12.4. The van der Waals surface area contributed by atoms with Gasteiger partial charge in [0.2, 0.25) is 0 Å². The van der Waals surface area contributed by atoms with Crippen molar-refractivity contribution in [3.63, 3.8) is 0 Å². The molecule has 2 aliphatic rings. The van der Waals surface area contributed by atoms with Crippen molar-refractivity contribution in [2.75, 3.05) is 0 Å². The zero-order valence-corrected chi connectivity index (χ0v) is 22.9.